The summed E-state index contributed by atoms with van der Waals surface area (Å²) >= 11 is 9.12. The van der Waals surface area contributed by atoms with E-state index in [2.05, 4.69) is 19.6 Å². The molecule has 0 amide bonds. The molecule has 0 aromatic carbocycles. The minimum absolute atomic E-state index is 0.660. The lowest BCUT2D eigenvalue weighted by Crippen LogP contribution is -1.98. The van der Waals surface area contributed by atoms with Crippen molar-refractivity contribution in [2.24, 2.45) is 0 Å². The quantitative estimate of drug-likeness (QED) is 0.0797. The Morgan fingerprint density at radius 3 is 0.906 bits per heavy atom. The van der Waals surface area contributed by atoms with Gasteiger partial charge in [-0.3, -0.25) is 0 Å². The molecule has 0 aliphatic rings. The largest absolute Gasteiger partial charge is 0.179 e. The van der Waals surface area contributed by atoms with Crippen molar-refractivity contribution in [2.45, 2.75) is 186 Å². The number of hydrogen-bond acceptors (Lipinski definition) is 2. The Balaban J connectivity index is 3.11. The molecule has 0 spiro atoms. The van der Waals surface area contributed by atoms with E-state index in [4.69, 9.17) is 12.6 Å². The number of hydrogen-bond donors (Lipinski definition) is 2. The van der Waals surface area contributed by atoms with Crippen LogP contribution in [0.25, 0.3) is 0 Å². The summed E-state index contributed by atoms with van der Waals surface area (Å²) in [4.78, 5) is 0. The van der Waals surface area contributed by atoms with E-state index in [0.717, 1.165) is 5.75 Å². The Morgan fingerprint density at radius 1 is 0.375 bits per heavy atom. The van der Waals surface area contributed by atoms with Crippen LogP contribution in [0.3, 0.4) is 0 Å². The summed E-state index contributed by atoms with van der Waals surface area (Å²) < 4.78 is 0. The maximum Gasteiger partial charge on any atom is 0.00168 e. The second-order valence-corrected chi connectivity index (χ2v) is 11.6. The lowest BCUT2D eigenvalue weighted by molar-refractivity contribution is 0.518. The van der Waals surface area contributed by atoms with Crippen molar-refractivity contribution in [1.82, 2.24) is 0 Å². The van der Waals surface area contributed by atoms with Crippen LogP contribution in [0.4, 0.5) is 0 Å². The van der Waals surface area contributed by atoms with Crippen molar-refractivity contribution in [3.8, 4) is 0 Å². The van der Waals surface area contributed by atoms with Gasteiger partial charge in [0.15, 0.2) is 0 Å². The highest BCUT2D eigenvalue weighted by Crippen LogP contribution is 2.19. The summed E-state index contributed by atoms with van der Waals surface area (Å²) in [5.74, 6) is 1.07. The van der Waals surface area contributed by atoms with Gasteiger partial charge in [-0.15, -0.1) is 0 Å². The molecule has 0 nitrogen and oxygen atoms in total. The van der Waals surface area contributed by atoms with Crippen molar-refractivity contribution in [3.63, 3.8) is 0 Å². The highest BCUT2D eigenvalue weighted by atomic mass is 32.1. The highest BCUT2D eigenvalue weighted by molar-refractivity contribution is 7.81. The zero-order chi connectivity index (χ0) is 23.4. The average molecular weight is 487 g/mol. The average Bonchev–Trinajstić information content (AvgIpc) is 2.80. The first-order valence-electron chi connectivity index (χ1n) is 15.1. The van der Waals surface area contributed by atoms with Gasteiger partial charge in [-0.2, -0.15) is 25.3 Å². The lowest BCUT2D eigenvalue weighted by atomic mass is 10.0. The molecule has 32 heavy (non-hydrogen) atoms. The zero-order valence-corrected chi connectivity index (χ0v) is 24.1. The van der Waals surface area contributed by atoms with Crippen LogP contribution >= 0.6 is 25.3 Å². The maximum atomic E-state index is 4.84. The van der Waals surface area contributed by atoms with E-state index >= 15 is 0 Å². The standard InChI is InChI=1S/C30H62S2/c1-2-3-4-5-6-15-18-21-24-27-30(32)28-25-22-19-16-13-11-9-7-8-10-12-14-17-20-23-26-29-31/h30-32H,2-29H2,1H3. The first-order valence-corrected chi connectivity index (χ1v) is 16.2. The molecule has 0 aromatic heterocycles. The minimum atomic E-state index is 0.660. The Labute approximate surface area is 216 Å². The molecule has 0 saturated heterocycles. The molecule has 0 aliphatic carbocycles. The fraction of sp³-hybridized carbons (Fsp3) is 1.00. The third kappa shape index (κ3) is 28.7. The topological polar surface area (TPSA) is 0 Å². The van der Waals surface area contributed by atoms with Crippen molar-refractivity contribution in [1.29, 1.82) is 0 Å². The van der Waals surface area contributed by atoms with Crippen LogP contribution < -0.4 is 0 Å². The molecular formula is C30H62S2. The fourth-order valence-electron chi connectivity index (χ4n) is 4.80. The summed E-state index contributed by atoms with van der Waals surface area (Å²) in [6, 6.07) is 0. The van der Waals surface area contributed by atoms with Crippen LogP contribution in [0.5, 0.6) is 0 Å². The normalized spacial score (nSPS) is 12.5. The third-order valence-electron chi connectivity index (χ3n) is 7.09. The van der Waals surface area contributed by atoms with Gasteiger partial charge in [0.25, 0.3) is 0 Å². The Morgan fingerprint density at radius 2 is 0.625 bits per heavy atom. The molecule has 194 valence electrons. The SMILES string of the molecule is CCCCCCCCCCCC(S)CCCCCCCCCCCCCCCCCCS. The van der Waals surface area contributed by atoms with Crippen LogP contribution in [-0.2, 0) is 0 Å². The van der Waals surface area contributed by atoms with Gasteiger partial charge in [0.1, 0.15) is 0 Å². The molecule has 0 rings (SSSR count). The molecule has 0 aromatic rings. The molecule has 0 saturated carbocycles. The van der Waals surface area contributed by atoms with E-state index in [9.17, 15) is 0 Å². The van der Waals surface area contributed by atoms with Crippen LogP contribution in [0.15, 0.2) is 0 Å². The summed E-state index contributed by atoms with van der Waals surface area (Å²) in [7, 11) is 0. The highest BCUT2D eigenvalue weighted by Gasteiger charge is 2.03. The van der Waals surface area contributed by atoms with Crippen molar-refractivity contribution < 1.29 is 0 Å². The summed E-state index contributed by atoms with van der Waals surface area (Å²) in [5, 5.41) is 0.660. The molecule has 0 bridgehead atoms. The Kier molecular flexibility index (Phi) is 30.4. The van der Waals surface area contributed by atoms with E-state index in [-0.39, 0.29) is 0 Å². The van der Waals surface area contributed by atoms with Gasteiger partial charge in [0.2, 0.25) is 0 Å². The number of rotatable bonds is 28. The van der Waals surface area contributed by atoms with Gasteiger partial charge in [0, 0.05) is 5.25 Å². The molecule has 0 radical (unpaired) electrons. The first-order chi connectivity index (χ1) is 15.8. The van der Waals surface area contributed by atoms with E-state index in [1.807, 2.05) is 0 Å². The Hall–Kier alpha value is 0.700. The van der Waals surface area contributed by atoms with Crippen LogP contribution in [0, 0.1) is 0 Å². The third-order valence-corrected chi connectivity index (χ3v) is 7.92. The summed E-state index contributed by atoms with van der Waals surface area (Å²) in [5.41, 5.74) is 0. The summed E-state index contributed by atoms with van der Waals surface area (Å²) in [6.07, 6.45) is 38.6. The van der Waals surface area contributed by atoms with Crippen LogP contribution in [0.1, 0.15) is 180 Å². The molecular weight excluding hydrogens is 424 g/mol. The van der Waals surface area contributed by atoms with Gasteiger partial charge in [-0.05, 0) is 25.0 Å². The summed E-state index contributed by atoms with van der Waals surface area (Å²) in [6.45, 7) is 2.30. The molecule has 2 heteroatoms. The van der Waals surface area contributed by atoms with Gasteiger partial charge in [0.05, 0.1) is 0 Å². The minimum Gasteiger partial charge on any atom is -0.179 e. The fourth-order valence-corrected chi connectivity index (χ4v) is 5.39. The van der Waals surface area contributed by atoms with Crippen molar-refractivity contribution >= 4 is 25.3 Å². The lowest BCUT2D eigenvalue weighted by Gasteiger charge is -2.10. The van der Waals surface area contributed by atoms with E-state index in [1.165, 1.54) is 173 Å². The van der Waals surface area contributed by atoms with E-state index in [0.29, 0.717) is 5.25 Å². The smallest absolute Gasteiger partial charge is 0.00168 e. The molecule has 1 unspecified atom stereocenters. The van der Waals surface area contributed by atoms with Crippen molar-refractivity contribution in [2.75, 3.05) is 5.75 Å². The predicted molar refractivity (Wildman–Crippen MR) is 157 cm³/mol. The molecule has 0 aliphatic heterocycles. The molecule has 0 fully saturated rings. The van der Waals surface area contributed by atoms with Gasteiger partial charge in [-0.25, -0.2) is 0 Å². The molecule has 0 N–H and O–H groups in total. The predicted octanol–water partition coefficient (Wildman–Crippen LogP) is 11.8. The molecule has 1 atom stereocenters. The van der Waals surface area contributed by atoms with Crippen molar-refractivity contribution in [3.05, 3.63) is 0 Å². The van der Waals surface area contributed by atoms with Gasteiger partial charge < -0.3 is 0 Å². The Bertz CT molecular complexity index is 318. The number of unbranched alkanes of at least 4 members (excludes halogenated alkanes) is 23. The van der Waals surface area contributed by atoms with Crippen LogP contribution in [-0.4, -0.2) is 11.0 Å². The first kappa shape index (κ1) is 32.7. The monoisotopic (exact) mass is 486 g/mol. The van der Waals surface area contributed by atoms with Gasteiger partial charge in [-0.1, -0.05) is 161 Å². The molecule has 0 heterocycles. The second-order valence-electron chi connectivity index (χ2n) is 10.4. The second kappa shape index (κ2) is 29.7. The van der Waals surface area contributed by atoms with Crippen LogP contribution in [0.2, 0.25) is 0 Å². The van der Waals surface area contributed by atoms with E-state index < -0.39 is 0 Å². The zero-order valence-electron chi connectivity index (χ0n) is 22.3. The maximum absolute atomic E-state index is 4.84. The van der Waals surface area contributed by atoms with Gasteiger partial charge >= 0.3 is 0 Å². The van der Waals surface area contributed by atoms with E-state index in [1.54, 1.807) is 0 Å². The number of thiol groups is 2.